The number of rotatable bonds is 1. The fourth-order valence-corrected chi connectivity index (χ4v) is 2.62. The maximum atomic E-state index is 5.45. The molecule has 0 radical (unpaired) electrons. The van der Waals surface area contributed by atoms with E-state index in [1.807, 2.05) is 0 Å². The van der Waals surface area contributed by atoms with Gasteiger partial charge >= 0.3 is 0 Å². The Balaban J connectivity index is 1.94. The van der Waals surface area contributed by atoms with E-state index < -0.39 is 0 Å². The van der Waals surface area contributed by atoms with E-state index in [4.69, 9.17) is 4.84 Å². The van der Waals surface area contributed by atoms with Crippen molar-refractivity contribution < 1.29 is 4.84 Å². The van der Waals surface area contributed by atoms with Crippen molar-refractivity contribution in [2.75, 3.05) is 0 Å². The van der Waals surface area contributed by atoms with Crippen LogP contribution in [0.3, 0.4) is 0 Å². The first-order valence-corrected chi connectivity index (χ1v) is 5.20. The highest BCUT2D eigenvalue weighted by Crippen LogP contribution is 2.52. The summed E-state index contributed by atoms with van der Waals surface area (Å²) >= 11 is 0. The zero-order chi connectivity index (χ0) is 9.76. The molecular formula is C12H15NO. The number of fused-ring (bicyclic) bond motifs is 1. The van der Waals surface area contributed by atoms with Crippen LogP contribution in [0.25, 0.3) is 0 Å². The highest BCUT2D eigenvalue weighted by atomic mass is 16.8. The van der Waals surface area contributed by atoms with Gasteiger partial charge in [0, 0.05) is 5.92 Å². The van der Waals surface area contributed by atoms with Crippen molar-refractivity contribution in [1.29, 1.82) is 0 Å². The minimum Gasteiger partial charge on any atom is -0.275 e. The molecule has 0 aliphatic carbocycles. The molecular weight excluding hydrogens is 174 g/mol. The van der Waals surface area contributed by atoms with Gasteiger partial charge in [-0.1, -0.05) is 30.3 Å². The van der Waals surface area contributed by atoms with E-state index in [9.17, 15) is 0 Å². The molecule has 3 atom stereocenters. The Hall–Kier alpha value is -0.860. The number of benzene rings is 1. The van der Waals surface area contributed by atoms with Gasteiger partial charge in [-0.15, -0.1) is 0 Å². The van der Waals surface area contributed by atoms with E-state index in [0.717, 1.165) is 6.42 Å². The van der Waals surface area contributed by atoms with E-state index in [-0.39, 0.29) is 5.54 Å². The van der Waals surface area contributed by atoms with Crippen LogP contribution in [0.1, 0.15) is 31.7 Å². The first-order valence-electron chi connectivity index (χ1n) is 5.20. The number of hydrogen-bond donors (Lipinski definition) is 0. The summed E-state index contributed by atoms with van der Waals surface area (Å²) < 4.78 is 0. The summed E-state index contributed by atoms with van der Waals surface area (Å²) in [7, 11) is 0. The van der Waals surface area contributed by atoms with Crippen LogP contribution in [0.5, 0.6) is 0 Å². The third kappa shape index (κ3) is 1.04. The largest absolute Gasteiger partial charge is 0.275 e. The van der Waals surface area contributed by atoms with Crippen LogP contribution in [-0.2, 0) is 4.84 Å². The lowest BCUT2D eigenvalue weighted by Gasteiger charge is -2.29. The lowest BCUT2D eigenvalue weighted by atomic mass is 9.83. The molecule has 1 aromatic rings. The minimum absolute atomic E-state index is 0.159. The molecule has 2 heterocycles. The van der Waals surface area contributed by atoms with E-state index in [2.05, 4.69) is 49.2 Å². The Morgan fingerprint density at radius 3 is 2.57 bits per heavy atom. The Labute approximate surface area is 84.4 Å². The van der Waals surface area contributed by atoms with Crippen LogP contribution < -0.4 is 0 Å². The van der Waals surface area contributed by atoms with Crippen molar-refractivity contribution in [1.82, 2.24) is 5.06 Å². The lowest BCUT2D eigenvalue weighted by Crippen LogP contribution is -2.33. The maximum Gasteiger partial charge on any atom is 0.155 e. The Morgan fingerprint density at radius 1 is 1.29 bits per heavy atom. The zero-order valence-electron chi connectivity index (χ0n) is 8.60. The summed E-state index contributed by atoms with van der Waals surface area (Å²) in [6, 6.07) is 10.7. The standard InChI is InChI=1S/C12H15NO/c1-12(2)10(8-11-13(12)14-11)9-6-4-3-5-7-9/h3-7,10-11H,8H2,1-2H3/t10-,11-,13?/m0/s1. The smallest absolute Gasteiger partial charge is 0.155 e. The summed E-state index contributed by atoms with van der Waals surface area (Å²) in [5.41, 5.74) is 1.60. The van der Waals surface area contributed by atoms with Crippen LogP contribution in [0.2, 0.25) is 0 Å². The quantitative estimate of drug-likeness (QED) is 0.631. The van der Waals surface area contributed by atoms with E-state index in [1.54, 1.807) is 0 Å². The fraction of sp³-hybridized carbons (Fsp3) is 0.500. The van der Waals surface area contributed by atoms with Crippen LogP contribution >= 0.6 is 0 Å². The molecule has 2 heteroatoms. The molecule has 2 nitrogen and oxygen atoms in total. The highest BCUT2D eigenvalue weighted by Gasteiger charge is 2.59. The van der Waals surface area contributed by atoms with E-state index >= 15 is 0 Å². The summed E-state index contributed by atoms with van der Waals surface area (Å²) in [6.07, 6.45) is 1.52. The predicted molar refractivity (Wildman–Crippen MR) is 54.6 cm³/mol. The molecule has 2 aliphatic heterocycles. The average molecular weight is 189 g/mol. The second-order valence-electron chi connectivity index (χ2n) is 4.74. The lowest BCUT2D eigenvalue weighted by molar-refractivity contribution is 0.0632. The molecule has 2 saturated heterocycles. The molecule has 2 aliphatic rings. The molecule has 0 bridgehead atoms. The molecule has 0 spiro atoms. The van der Waals surface area contributed by atoms with Gasteiger partial charge in [-0.2, -0.15) is 5.06 Å². The molecule has 1 unspecified atom stereocenters. The van der Waals surface area contributed by atoms with Crippen LogP contribution in [0.4, 0.5) is 0 Å². The molecule has 0 aromatic heterocycles. The summed E-state index contributed by atoms with van der Waals surface area (Å²) in [6.45, 7) is 4.52. The van der Waals surface area contributed by atoms with Crippen LogP contribution in [-0.4, -0.2) is 16.8 Å². The fourth-order valence-electron chi connectivity index (χ4n) is 2.62. The third-order valence-electron chi connectivity index (χ3n) is 3.51. The third-order valence-corrected chi connectivity index (χ3v) is 3.51. The van der Waals surface area contributed by atoms with Gasteiger partial charge in [0.1, 0.15) is 0 Å². The van der Waals surface area contributed by atoms with Crippen molar-refractivity contribution in [3.8, 4) is 0 Å². The van der Waals surface area contributed by atoms with Gasteiger partial charge in [0.15, 0.2) is 6.23 Å². The van der Waals surface area contributed by atoms with Crippen molar-refractivity contribution in [3.05, 3.63) is 35.9 Å². The highest BCUT2D eigenvalue weighted by molar-refractivity contribution is 5.26. The predicted octanol–water partition coefficient (Wildman–Crippen LogP) is 2.53. The Kier molecular flexibility index (Phi) is 1.56. The Morgan fingerprint density at radius 2 is 2.00 bits per heavy atom. The minimum atomic E-state index is 0.159. The van der Waals surface area contributed by atoms with Crippen LogP contribution in [0.15, 0.2) is 30.3 Å². The van der Waals surface area contributed by atoms with Crippen molar-refractivity contribution in [2.24, 2.45) is 0 Å². The SMILES string of the molecule is CC1(C)[C@H](c2ccccc2)C[C@@H]2ON21. The van der Waals surface area contributed by atoms with Gasteiger partial charge in [-0.05, 0) is 25.8 Å². The molecule has 74 valence electrons. The Bertz CT molecular complexity index is 347. The first-order chi connectivity index (χ1) is 6.69. The molecule has 0 N–H and O–H groups in total. The van der Waals surface area contributed by atoms with Gasteiger partial charge in [-0.25, -0.2) is 0 Å². The van der Waals surface area contributed by atoms with Crippen LogP contribution in [0, 0.1) is 0 Å². The molecule has 14 heavy (non-hydrogen) atoms. The van der Waals surface area contributed by atoms with E-state index in [0.29, 0.717) is 12.1 Å². The second kappa shape index (κ2) is 2.59. The zero-order valence-corrected chi connectivity index (χ0v) is 8.60. The summed E-state index contributed by atoms with van der Waals surface area (Å²) in [5, 5.41) is 2.13. The van der Waals surface area contributed by atoms with Crippen molar-refractivity contribution >= 4 is 0 Å². The van der Waals surface area contributed by atoms with Gasteiger partial charge in [0.05, 0.1) is 5.54 Å². The number of hydroxylamine groups is 2. The van der Waals surface area contributed by atoms with E-state index in [1.165, 1.54) is 5.56 Å². The number of hydrogen-bond acceptors (Lipinski definition) is 2. The molecule has 2 fully saturated rings. The van der Waals surface area contributed by atoms with Gasteiger partial charge < -0.3 is 0 Å². The molecule has 0 amide bonds. The van der Waals surface area contributed by atoms with Gasteiger partial charge in [0.25, 0.3) is 0 Å². The normalized spacial score (nSPS) is 38.0. The monoisotopic (exact) mass is 189 g/mol. The molecule has 3 rings (SSSR count). The first kappa shape index (κ1) is 8.45. The van der Waals surface area contributed by atoms with Crippen molar-refractivity contribution in [2.45, 2.75) is 38.0 Å². The van der Waals surface area contributed by atoms with Gasteiger partial charge in [0.2, 0.25) is 0 Å². The second-order valence-corrected chi connectivity index (χ2v) is 4.74. The molecule has 0 saturated carbocycles. The van der Waals surface area contributed by atoms with Crippen molar-refractivity contribution in [3.63, 3.8) is 0 Å². The summed E-state index contributed by atoms with van der Waals surface area (Å²) in [4.78, 5) is 5.45. The summed E-state index contributed by atoms with van der Waals surface area (Å²) in [5.74, 6) is 0.613. The molecule has 1 aromatic carbocycles. The number of nitrogens with zero attached hydrogens (tertiary/aromatic N) is 1. The topological polar surface area (TPSA) is 15.5 Å². The average Bonchev–Trinajstić information content (AvgIpc) is 2.90. The maximum absolute atomic E-state index is 5.45. The van der Waals surface area contributed by atoms with Gasteiger partial charge in [-0.3, -0.25) is 4.84 Å².